The summed E-state index contributed by atoms with van der Waals surface area (Å²) >= 11 is 0. The lowest BCUT2D eigenvalue weighted by molar-refractivity contribution is -0.138. The Hall–Kier alpha value is -2.64. The van der Waals surface area contributed by atoms with Gasteiger partial charge in [0.2, 0.25) is 11.8 Å². The molecule has 2 saturated heterocycles. The molecule has 0 aromatic heterocycles. The highest BCUT2D eigenvalue weighted by molar-refractivity contribution is 5.97. The molecule has 0 unspecified atom stereocenters. The van der Waals surface area contributed by atoms with Gasteiger partial charge in [-0.05, 0) is 12.1 Å². The molecule has 0 bridgehead atoms. The van der Waals surface area contributed by atoms with Gasteiger partial charge < -0.3 is 15.1 Å². The molecule has 0 atom stereocenters. The van der Waals surface area contributed by atoms with E-state index in [4.69, 9.17) is 0 Å². The zero-order valence-corrected chi connectivity index (χ0v) is 12.5. The first-order valence-corrected chi connectivity index (χ1v) is 7.41. The van der Waals surface area contributed by atoms with Crippen LogP contribution in [-0.2, 0) is 9.59 Å². The summed E-state index contributed by atoms with van der Waals surface area (Å²) in [5.41, 5.74) is 0.213. The van der Waals surface area contributed by atoms with Crippen LogP contribution in [0.15, 0.2) is 24.3 Å². The number of nitrogens with zero attached hydrogens (tertiary/aromatic N) is 3. The molecule has 0 saturated carbocycles. The molecule has 2 fully saturated rings. The number of amides is 4. The predicted molar refractivity (Wildman–Crippen MR) is 80.3 cm³/mol. The van der Waals surface area contributed by atoms with Crippen molar-refractivity contribution in [2.45, 2.75) is 0 Å². The monoisotopic (exact) mass is 320 g/mol. The van der Waals surface area contributed by atoms with Crippen molar-refractivity contribution in [3.8, 4) is 0 Å². The van der Waals surface area contributed by atoms with Crippen molar-refractivity contribution in [2.75, 3.05) is 44.2 Å². The standard InChI is InChI=1S/C15H17FN4O3/c16-11-3-1-2-4-12(11)20-8-7-19(15(20)23)10-14(22)18-6-5-17-13(21)9-18/h1-4H,5-10H2,(H,17,21). The van der Waals surface area contributed by atoms with E-state index in [1.54, 1.807) is 12.1 Å². The first-order chi connectivity index (χ1) is 11.1. The Bertz CT molecular complexity index is 651. The Kier molecular flexibility index (Phi) is 4.14. The summed E-state index contributed by atoms with van der Waals surface area (Å²) < 4.78 is 13.8. The van der Waals surface area contributed by atoms with Crippen molar-refractivity contribution in [1.29, 1.82) is 0 Å². The average Bonchev–Trinajstić information content (AvgIpc) is 2.89. The van der Waals surface area contributed by atoms with E-state index in [1.165, 1.54) is 26.8 Å². The second-order valence-corrected chi connectivity index (χ2v) is 5.47. The number of nitrogens with one attached hydrogen (secondary N) is 1. The predicted octanol–water partition coefficient (Wildman–Crippen LogP) is 0.0261. The van der Waals surface area contributed by atoms with Crippen molar-refractivity contribution in [3.63, 3.8) is 0 Å². The number of anilines is 1. The Morgan fingerprint density at radius 1 is 1.17 bits per heavy atom. The van der Waals surface area contributed by atoms with Gasteiger partial charge in [-0.1, -0.05) is 12.1 Å². The normalized spacial score (nSPS) is 18.4. The summed E-state index contributed by atoms with van der Waals surface area (Å²) in [5.74, 6) is -0.948. The fourth-order valence-corrected chi connectivity index (χ4v) is 2.74. The van der Waals surface area contributed by atoms with Crippen LogP contribution in [0.25, 0.3) is 0 Å². The van der Waals surface area contributed by atoms with Crippen LogP contribution in [0.4, 0.5) is 14.9 Å². The SMILES string of the molecule is O=C1CN(C(=O)CN2CCN(c3ccccc3F)C2=O)CCN1. The maximum Gasteiger partial charge on any atom is 0.325 e. The van der Waals surface area contributed by atoms with Gasteiger partial charge in [-0.2, -0.15) is 0 Å². The minimum absolute atomic E-state index is 0.0118. The summed E-state index contributed by atoms with van der Waals surface area (Å²) in [7, 11) is 0. The molecule has 4 amide bonds. The number of rotatable bonds is 3. The molecule has 2 aliphatic rings. The molecular formula is C15H17FN4O3. The molecule has 8 heteroatoms. The number of halogens is 1. The van der Waals surface area contributed by atoms with E-state index in [9.17, 15) is 18.8 Å². The van der Waals surface area contributed by atoms with Crippen LogP contribution in [-0.4, -0.2) is 66.9 Å². The zero-order valence-electron chi connectivity index (χ0n) is 12.5. The topological polar surface area (TPSA) is 73.0 Å². The fourth-order valence-electron chi connectivity index (χ4n) is 2.74. The average molecular weight is 320 g/mol. The van der Waals surface area contributed by atoms with E-state index in [0.717, 1.165) is 0 Å². The molecule has 2 heterocycles. The van der Waals surface area contributed by atoms with E-state index >= 15 is 0 Å². The Balaban J connectivity index is 1.64. The van der Waals surface area contributed by atoms with Crippen LogP contribution < -0.4 is 10.2 Å². The van der Waals surface area contributed by atoms with Gasteiger partial charge in [0.05, 0.1) is 12.2 Å². The van der Waals surface area contributed by atoms with E-state index in [-0.39, 0.29) is 30.6 Å². The van der Waals surface area contributed by atoms with Crippen molar-refractivity contribution in [1.82, 2.24) is 15.1 Å². The lowest BCUT2D eigenvalue weighted by Crippen LogP contribution is -2.52. The maximum absolute atomic E-state index is 13.8. The van der Waals surface area contributed by atoms with Crippen LogP contribution in [0.1, 0.15) is 0 Å². The Labute approximate surface area is 132 Å². The minimum atomic E-state index is -0.471. The summed E-state index contributed by atoms with van der Waals surface area (Å²) in [6.45, 7) is 1.44. The number of hydrogen-bond acceptors (Lipinski definition) is 3. The van der Waals surface area contributed by atoms with Crippen molar-refractivity contribution < 1.29 is 18.8 Å². The molecule has 0 spiro atoms. The molecule has 1 aromatic carbocycles. The van der Waals surface area contributed by atoms with Gasteiger partial charge in [-0.15, -0.1) is 0 Å². The highest BCUT2D eigenvalue weighted by Gasteiger charge is 2.33. The minimum Gasteiger partial charge on any atom is -0.353 e. The second-order valence-electron chi connectivity index (χ2n) is 5.47. The second kappa shape index (κ2) is 6.23. The molecular weight excluding hydrogens is 303 g/mol. The lowest BCUT2D eigenvalue weighted by Gasteiger charge is -2.28. The van der Waals surface area contributed by atoms with Crippen LogP contribution in [0.3, 0.4) is 0 Å². The van der Waals surface area contributed by atoms with Crippen molar-refractivity contribution in [2.24, 2.45) is 0 Å². The van der Waals surface area contributed by atoms with Crippen molar-refractivity contribution in [3.05, 3.63) is 30.1 Å². The third-order valence-electron chi connectivity index (χ3n) is 3.96. The van der Waals surface area contributed by atoms with E-state index < -0.39 is 11.8 Å². The van der Waals surface area contributed by atoms with Gasteiger partial charge in [0, 0.05) is 26.2 Å². The third-order valence-corrected chi connectivity index (χ3v) is 3.96. The summed E-state index contributed by atoms with van der Waals surface area (Å²) in [6, 6.07) is 5.65. The first-order valence-electron chi connectivity index (χ1n) is 7.41. The van der Waals surface area contributed by atoms with E-state index in [1.807, 2.05) is 0 Å². The van der Waals surface area contributed by atoms with Crippen LogP contribution >= 0.6 is 0 Å². The summed E-state index contributed by atoms with van der Waals surface area (Å²) in [5, 5.41) is 2.64. The highest BCUT2D eigenvalue weighted by atomic mass is 19.1. The lowest BCUT2D eigenvalue weighted by atomic mass is 10.3. The number of para-hydroxylation sites is 1. The van der Waals surface area contributed by atoms with Gasteiger partial charge in [-0.25, -0.2) is 9.18 Å². The molecule has 122 valence electrons. The zero-order chi connectivity index (χ0) is 16.4. The summed E-state index contributed by atoms with van der Waals surface area (Å²) in [4.78, 5) is 40.0. The fraction of sp³-hybridized carbons (Fsp3) is 0.400. The maximum atomic E-state index is 13.8. The smallest absolute Gasteiger partial charge is 0.325 e. The molecule has 1 aromatic rings. The number of piperazine rings is 1. The number of carbonyl (C=O) groups excluding carboxylic acids is 3. The summed E-state index contributed by atoms with van der Waals surface area (Å²) in [6.07, 6.45) is 0. The number of urea groups is 1. The van der Waals surface area contributed by atoms with Crippen molar-refractivity contribution >= 4 is 23.5 Å². The quantitative estimate of drug-likeness (QED) is 0.854. The number of benzene rings is 1. The first kappa shape index (κ1) is 15.3. The van der Waals surface area contributed by atoms with Crippen LogP contribution in [0.5, 0.6) is 0 Å². The molecule has 3 rings (SSSR count). The van der Waals surface area contributed by atoms with Gasteiger partial charge >= 0.3 is 6.03 Å². The molecule has 7 nitrogen and oxygen atoms in total. The van der Waals surface area contributed by atoms with E-state index in [2.05, 4.69) is 5.32 Å². The van der Waals surface area contributed by atoms with Crippen LogP contribution in [0, 0.1) is 5.82 Å². The molecule has 1 N–H and O–H groups in total. The van der Waals surface area contributed by atoms with Gasteiger partial charge in [0.25, 0.3) is 0 Å². The highest BCUT2D eigenvalue weighted by Crippen LogP contribution is 2.23. The molecule has 0 radical (unpaired) electrons. The Morgan fingerprint density at radius 3 is 2.70 bits per heavy atom. The van der Waals surface area contributed by atoms with Crippen LogP contribution in [0.2, 0.25) is 0 Å². The molecule has 2 aliphatic heterocycles. The number of carbonyl (C=O) groups is 3. The molecule has 23 heavy (non-hydrogen) atoms. The Morgan fingerprint density at radius 2 is 1.96 bits per heavy atom. The van der Waals surface area contributed by atoms with E-state index in [0.29, 0.717) is 26.2 Å². The third kappa shape index (κ3) is 3.10. The van der Waals surface area contributed by atoms with Gasteiger partial charge in [-0.3, -0.25) is 14.5 Å². The molecule has 0 aliphatic carbocycles. The van der Waals surface area contributed by atoms with Gasteiger partial charge in [0.15, 0.2) is 0 Å². The largest absolute Gasteiger partial charge is 0.353 e. The number of hydrogen-bond donors (Lipinski definition) is 1. The van der Waals surface area contributed by atoms with Gasteiger partial charge in [0.1, 0.15) is 12.4 Å².